The van der Waals surface area contributed by atoms with E-state index < -0.39 is 8.15 Å². The summed E-state index contributed by atoms with van der Waals surface area (Å²) in [5, 5.41) is 3.71. The van der Waals surface area contributed by atoms with Gasteiger partial charge in [0.25, 0.3) is 0 Å². The van der Waals surface area contributed by atoms with Crippen LogP contribution >= 0.6 is 31.4 Å². The van der Waals surface area contributed by atoms with Crippen molar-refractivity contribution in [2.75, 3.05) is 18.6 Å². The Balaban J connectivity index is 2.44. The van der Waals surface area contributed by atoms with Gasteiger partial charge in [0.2, 0.25) is 5.28 Å². The molecule has 0 unspecified atom stereocenters. The number of rotatable bonds is 4. The average molecular weight is 344 g/mol. The van der Waals surface area contributed by atoms with Gasteiger partial charge in [-0.2, -0.15) is 4.98 Å². The van der Waals surface area contributed by atoms with Crippen LogP contribution in [0.5, 0.6) is 5.75 Å². The van der Waals surface area contributed by atoms with Gasteiger partial charge in [0.15, 0.2) is 5.82 Å². The van der Waals surface area contributed by atoms with E-state index in [1.807, 2.05) is 26.0 Å². The molecule has 0 radical (unpaired) electrons. The molecule has 0 amide bonds. The van der Waals surface area contributed by atoms with E-state index in [-0.39, 0.29) is 5.28 Å². The molecule has 0 saturated heterocycles. The topological polar surface area (TPSA) is 47.0 Å². The molecule has 1 aromatic heterocycles. The summed E-state index contributed by atoms with van der Waals surface area (Å²) in [6.45, 7) is 8.18. The minimum atomic E-state index is -0.542. The zero-order valence-corrected chi connectivity index (χ0v) is 14.6. The zero-order chi connectivity index (χ0) is 15.6. The Labute approximate surface area is 135 Å². The molecule has 0 bridgehead atoms. The molecule has 0 spiro atoms. The second-order valence-electron chi connectivity index (χ2n) is 4.75. The van der Waals surface area contributed by atoms with Gasteiger partial charge in [-0.3, -0.25) is 0 Å². The third-order valence-corrected chi connectivity index (χ3v) is 3.92. The maximum absolute atomic E-state index is 6.09. The summed E-state index contributed by atoms with van der Waals surface area (Å²) in [7, 11) is -0.542. The third-order valence-electron chi connectivity index (χ3n) is 2.92. The minimum absolute atomic E-state index is 0.140. The van der Waals surface area contributed by atoms with E-state index in [9.17, 15) is 0 Å². The predicted octanol–water partition coefficient (Wildman–Crippen LogP) is 5.18. The molecule has 4 nitrogen and oxygen atoms in total. The standard InChI is InChI=1S/C14H16Cl2N3OP/c1-8-5-6-11(12(9(8)2)20-21(3)4)18-13-10(15)7-17-14(16)19-13/h5-7H,1-4H3,(H,17,18,19). The highest BCUT2D eigenvalue weighted by atomic mass is 35.5. The number of benzene rings is 1. The van der Waals surface area contributed by atoms with Crippen molar-refractivity contribution in [2.24, 2.45) is 0 Å². The van der Waals surface area contributed by atoms with Gasteiger partial charge in [0.05, 0.1) is 20.0 Å². The Bertz CT molecular complexity index is 665. The molecule has 0 atom stereocenters. The van der Waals surface area contributed by atoms with Crippen LogP contribution in [-0.4, -0.2) is 23.3 Å². The van der Waals surface area contributed by atoms with Crippen LogP contribution in [0.15, 0.2) is 18.3 Å². The molecule has 1 aromatic carbocycles. The molecule has 2 rings (SSSR count). The Kier molecular flexibility index (Phi) is 5.26. The van der Waals surface area contributed by atoms with Crippen molar-refractivity contribution in [3.05, 3.63) is 39.8 Å². The Morgan fingerprint density at radius 3 is 2.57 bits per heavy atom. The molecule has 21 heavy (non-hydrogen) atoms. The number of hydrogen-bond acceptors (Lipinski definition) is 4. The number of aryl methyl sites for hydroxylation is 1. The highest BCUT2D eigenvalue weighted by Crippen LogP contribution is 2.40. The molecule has 2 aromatic rings. The first-order valence-electron chi connectivity index (χ1n) is 6.29. The number of nitrogens with zero attached hydrogens (tertiary/aromatic N) is 2. The lowest BCUT2D eigenvalue weighted by Gasteiger charge is -2.19. The van der Waals surface area contributed by atoms with Crippen LogP contribution in [0.2, 0.25) is 10.3 Å². The van der Waals surface area contributed by atoms with Crippen LogP contribution < -0.4 is 9.84 Å². The smallest absolute Gasteiger partial charge is 0.224 e. The first kappa shape index (κ1) is 16.3. The quantitative estimate of drug-likeness (QED) is 0.613. The predicted molar refractivity (Wildman–Crippen MR) is 90.6 cm³/mol. The Morgan fingerprint density at radius 1 is 1.19 bits per heavy atom. The SMILES string of the molecule is Cc1ccc(Nc2nc(Cl)ncc2Cl)c(OP(C)C)c1C. The first-order chi connectivity index (χ1) is 9.88. The lowest BCUT2D eigenvalue weighted by molar-refractivity contribution is 0.619. The summed E-state index contributed by atoms with van der Waals surface area (Å²) < 4.78 is 5.98. The Morgan fingerprint density at radius 2 is 1.90 bits per heavy atom. The van der Waals surface area contributed by atoms with Crippen molar-refractivity contribution in [2.45, 2.75) is 13.8 Å². The average Bonchev–Trinajstić information content (AvgIpc) is 2.42. The molecule has 0 fully saturated rings. The highest BCUT2D eigenvalue weighted by Gasteiger charge is 2.14. The van der Waals surface area contributed by atoms with Gasteiger partial charge in [-0.25, -0.2) is 4.98 Å². The van der Waals surface area contributed by atoms with E-state index in [4.69, 9.17) is 27.7 Å². The molecule has 7 heteroatoms. The van der Waals surface area contributed by atoms with Crippen molar-refractivity contribution in [1.82, 2.24) is 9.97 Å². The molecular weight excluding hydrogens is 328 g/mol. The van der Waals surface area contributed by atoms with Gasteiger partial charge in [0.1, 0.15) is 10.8 Å². The zero-order valence-electron chi connectivity index (χ0n) is 12.2. The van der Waals surface area contributed by atoms with Crippen molar-refractivity contribution in [3.8, 4) is 5.75 Å². The molecular formula is C14H16Cl2N3OP. The van der Waals surface area contributed by atoms with E-state index in [2.05, 4.69) is 28.6 Å². The van der Waals surface area contributed by atoms with Crippen LogP contribution in [0.25, 0.3) is 0 Å². The fourth-order valence-electron chi connectivity index (χ4n) is 1.75. The molecule has 1 heterocycles. The number of anilines is 2. The summed E-state index contributed by atoms with van der Waals surface area (Å²) in [5.41, 5.74) is 3.07. The molecule has 1 N–H and O–H groups in total. The fraction of sp³-hybridized carbons (Fsp3) is 0.286. The highest BCUT2D eigenvalue weighted by molar-refractivity contribution is 7.51. The normalized spacial score (nSPS) is 10.8. The lowest BCUT2D eigenvalue weighted by Crippen LogP contribution is -2.01. The number of halogens is 2. The maximum Gasteiger partial charge on any atom is 0.224 e. The van der Waals surface area contributed by atoms with Crippen LogP contribution in [0.3, 0.4) is 0 Å². The van der Waals surface area contributed by atoms with Crippen molar-refractivity contribution in [1.29, 1.82) is 0 Å². The summed E-state index contributed by atoms with van der Waals surface area (Å²) in [4.78, 5) is 7.94. The second kappa shape index (κ2) is 6.78. The van der Waals surface area contributed by atoms with Gasteiger partial charge in [-0.15, -0.1) is 0 Å². The molecule has 112 valence electrons. The number of hydrogen-bond donors (Lipinski definition) is 1. The molecule has 0 aliphatic heterocycles. The largest absolute Gasteiger partial charge is 0.472 e. The van der Waals surface area contributed by atoms with E-state index >= 15 is 0 Å². The van der Waals surface area contributed by atoms with Gasteiger partial charge in [-0.1, -0.05) is 17.7 Å². The van der Waals surface area contributed by atoms with Gasteiger partial charge in [-0.05, 0) is 56.0 Å². The van der Waals surface area contributed by atoms with Crippen LogP contribution in [-0.2, 0) is 0 Å². The minimum Gasteiger partial charge on any atom is -0.472 e. The number of aromatic nitrogens is 2. The monoisotopic (exact) mass is 343 g/mol. The van der Waals surface area contributed by atoms with E-state index in [0.717, 1.165) is 17.0 Å². The fourth-order valence-corrected chi connectivity index (χ4v) is 2.62. The van der Waals surface area contributed by atoms with Crippen LogP contribution in [0, 0.1) is 13.8 Å². The summed E-state index contributed by atoms with van der Waals surface area (Å²) in [5.74, 6) is 1.28. The lowest BCUT2D eigenvalue weighted by atomic mass is 10.1. The van der Waals surface area contributed by atoms with Gasteiger partial charge >= 0.3 is 0 Å². The van der Waals surface area contributed by atoms with Crippen molar-refractivity contribution >= 4 is 42.9 Å². The number of nitrogens with one attached hydrogen (secondary N) is 1. The van der Waals surface area contributed by atoms with Crippen LogP contribution in [0.4, 0.5) is 11.5 Å². The second-order valence-corrected chi connectivity index (χ2v) is 7.30. The van der Waals surface area contributed by atoms with E-state index in [0.29, 0.717) is 10.8 Å². The third kappa shape index (κ3) is 3.97. The molecule has 0 aliphatic rings. The molecule has 0 saturated carbocycles. The van der Waals surface area contributed by atoms with E-state index in [1.54, 1.807) is 0 Å². The van der Waals surface area contributed by atoms with Gasteiger partial charge in [0, 0.05) is 0 Å². The summed E-state index contributed by atoms with van der Waals surface area (Å²) >= 11 is 11.9. The van der Waals surface area contributed by atoms with Crippen molar-refractivity contribution < 1.29 is 4.52 Å². The van der Waals surface area contributed by atoms with Crippen LogP contribution in [0.1, 0.15) is 11.1 Å². The van der Waals surface area contributed by atoms with E-state index in [1.165, 1.54) is 11.8 Å². The van der Waals surface area contributed by atoms with Crippen molar-refractivity contribution in [3.63, 3.8) is 0 Å². The van der Waals surface area contributed by atoms with Gasteiger partial charge < -0.3 is 9.84 Å². The summed E-state index contributed by atoms with van der Waals surface area (Å²) in [6.07, 6.45) is 1.47. The Hall–Kier alpha value is -1.09. The first-order valence-corrected chi connectivity index (χ1v) is 9.20. The molecule has 0 aliphatic carbocycles. The maximum atomic E-state index is 6.09. The summed E-state index contributed by atoms with van der Waals surface area (Å²) in [6, 6.07) is 3.97.